The number of rotatable bonds is 2. The maximum Gasteiger partial charge on any atom is 0.246 e. The Labute approximate surface area is 134 Å². The molecule has 7 nitrogen and oxygen atoms in total. The predicted octanol–water partition coefficient (Wildman–Crippen LogP) is 2.72. The minimum absolute atomic E-state index is 0.165. The Morgan fingerprint density at radius 2 is 2.22 bits per heavy atom. The van der Waals surface area contributed by atoms with Gasteiger partial charge in [0.05, 0.1) is 10.2 Å². The molecule has 23 heavy (non-hydrogen) atoms. The number of thiazole rings is 1. The zero-order valence-electron chi connectivity index (χ0n) is 11.9. The second kappa shape index (κ2) is 5.13. The van der Waals surface area contributed by atoms with E-state index in [1.807, 2.05) is 0 Å². The molecule has 1 amide bonds. The summed E-state index contributed by atoms with van der Waals surface area (Å²) >= 11 is 1.30. The Bertz CT molecular complexity index is 927. The lowest BCUT2D eigenvalue weighted by atomic mass is 10.2. The molecule has 4 rings (SSSR count). The van der Waals surface area contributed by atoms with E-state index in [1.165, 1.54) is 29.8 Å². The molecule has 1 aliphatic rings. The maximum absolute atomic E-state index is 13.3. The highest BCUT2D eigenvalue weighted by atomic mass is 32.1. The molecule has 116 valence electrons. The number of carbonyl (C=O) groups excluding carboxylic acids is 1. The lowest BCUT2D eigenvalue weighted by molar-refractivity contribution is -0.116. The molecule has 0 bridgehead atoms. The number of aromatic nitrogens is 3. The zero-order valence-corrected chi connectivity index (χ0v) is 12.7. The van der Waals surface area contributed by atoms with Gasteiger partial charge in [0.2, 0.25) is 5.91 Å². The molecular weight excluding hydrogens is 319 g/mol. The number of anilines is 4. The van der Waals surface area contributed by atoms with Crippen LogP contribution in [0.2, 0.25) is 0 Å². The van der Waals surface area contributed by atoms with E-state index in [0.717, 1.165) is 4.70 Å². The van der Waals surface area contributed by atoms with Crippen LogP contribution in [0, 0.1) is 5.82 Å². The number of hydrogen-bond donors (Lipinski definition) is 3. The van der Waals surface area contributed by atoms with Crippen molar-refractivity contribution < 1.29 is 9.18 Å². The SMILES string of the molecule is CC1Nc2ncnc(Nc3nc4ccc(F)cc4s3)c2NC1=O. The average Bonchev–Trinajstić information content (AvgIpc) is 2.90. The lowest BCUT2D eigenvalue weighted by Gasteiger charge is -2.24. The van der Waals surface area contributed by atoms with Gasteiger partial charge < -0.3 is 16.0 Å². The highest BCUT2D eigenvalue weighted by Crippen LogP contribution is 2.34. The average molecular weight is 330 g/mol. The molecule has 0 fully saturated rings. The van der Waals surface area contributed by atoms with Crippen molar-refractivity contribution in [3.05, 3.63) is 30.3 Å². The fourth-order valence-corrected chi connectivity index (χ4v) is 3.15. The van der Waals surface area contributed by atoms with Gasteiger partial charge in [-0.25, -0.2) is 19.3 Å². The van der Waals surface area contributed by atoms with Crippen LogP contribution in [0.3, 0.4) is 0 Å². The third-order valence-electron chi connectivity index (χ3n) is 3.42. The van der Waals surface area contributed by atoms with Gasteiger partial charge in [-0.1, -0.05) is 11.3 Å². The quantitative estimate of drug-likeness (QED) is 0.669. The standard InChI is InChI=1S/C14H11FN6OS/c1-6-13(22)20-10-11(18-6)16-5-17-12(10)21-14-19-8-3-2-7(15)4-9(8)23-14/h2-6H,1H3,(H,20,22)(H2,16,17,18,19,21). The van der Waals surface area contributed by atoms with Crippen molar-refractivity contribution in [1.29, 1.82) is 0 Å². The van der Waals surface area contributed by atoms with Crippen molar-refractivity contribution in [1.82, 2.24) is 15.0 Å². The van der Waals surface area contributed by atoms with E-state index in [0.29, 0.717) is 28.0 Å². The largest absolute Gasteiger partial charge is 0.357 e. The predicted molar refractivity (Wildman–Crippen MR) is 86.6 cm³/mol. The Morgan fingerprint density at radius 3 is 3.09 bits per heavy atom. The molecule has 1 aliphatic heterocycles. The Hall–Kier alpha value is -2.81. The first-order chi connectivity index (χ1) is 11.1. The molecule has 0 spiro atoms. The van der Waals surface area contributed by atoms with Gasteiger partial charge in [0, 0.05) is 0 Å². The third kappa shape index (κ3) is 2.44. The van der Waals surface area contributed by atoms with Gasteiger partial charge in [-0.3, -0.25) is 4.79 Å². The number of halogens is 1. The molecule has 9 heteroatoms. The minimum Gasteiger partial charge on any atom is -0.357 e. The molecule has 3 heterocycles. The van der Waals surface area contributed by atoms with Crippen molar-refractivity contribution in [3.8, 4) is 0 Å². The number of fused-ring (bicyclic) bond motifs is 2. The fraction of sp³-hybridized carbons (Fsp3) is 0.143. The van der Waals surface area contributed by atoms with Crippen LogP contribution in [0.25, 0.3) is 10.2 Å². The summed E-state index contributed by atoms with van der Waals surface area (Å²) in [5.74, 6) is 0.503. The molecule has 0 aliphatic carbocycles. The van der Waals surface area contributed by atoms with Crippen molar-refractivity contribution in [3.63, 3.8) is 0 Å². The topological polar surface area (TPSA) is 91.8 Å². The summed E-state index contributed by atoms with van der Waals surface area (Å²) in [6.07, 6.45) is 1.39. The van der Waals surface area contributed by atoms with E-state index in [2.05, 4.69) is 30.9 Å². The summed E-state index contributed by atoms with van der Waals surface area (Å²) in [7, 11) is 0. The first kappa shape index (κ1) is 13.8. The van der Waals surface area contributed by atoms with Crippen molar-refractivity contribution in [2.24, 2.45) is 0 Å². The van der Waals surface area contributed by atoms with Gasteiger partial charge in [-0.2, -0.15) is 0 Å². The number of carbonyl (C=O) groups is 1. The van der Waals surface area contributed by atoms with Gasteiger partial charge in [-0.05, 0) is 25.1 Å². The molecule has 1 unspecified atom stereocenters. The van der Waals surface area contributed by atoms with Crippen LogP contribution < -0.4 is 16.0 Å². The molecule has 3 aromatic rings. The molecule has 1 atom stereocenters. The number of hydrogen-bond acceptors (Lipinski definition) is 7. The third-order valence-corrected chi connectivity index (χ3v) is 4.35. The zero-order chi connectivity index (χ0) is 16.0. The maximum atomic E-state index is 13.3. The van der Waals surface area contributed by atoms with Crippen LogP contribution >= 0.6 is 11.3 Å². The molecular formula is C14H11FN6OS. The molecule has 0 saturated carbocycles. The highest BCUT2D eigenvalue weighted by Gasteiger charge is 2.25. The van der Waals surface area contributed by atoms with Crippen LogP contribution in [-0.2, 0) is 4.79 Å². The fourth-order valence-electron chi connectivity index (χ4n) is 2.26. The summed E-state index contributed by atoms with van der Waals surface area (Å²) in [6.45, 7) is 1.75. The first-order valence-electron chi connectivity index (χ1n) is 6.85. The number of benzene rings is 1. The Morgan fingerprint density at radius 1 is 1.35 bits per heavy atom. The van der Waals surface area contributed by atoms with Crippen molar-refractivity contribution >= 4 is 49.9 Å². The van der Waals surface area contributed by atoms with Crippen LogP contribution in [-0.4, -0.2) is 26.9 Å². The van der Waals surface area contributed by atoms with E-state index >= 15 is 0 Å². The Kier molecular flexibility index (Phi) is 3.08. The second-order valence-corrected chi connectivity index (χ2v) is 6.09. The summed E-state index contributed by atoms with van der Waals surface area (Å²) < 4.78 is 14.0. The molecule has 0 radical (unpaired) electrons. The summed E-state index contributed by atoms with van der Waals surface area (Å²) in [5.41, 5.74) is 1.17. The van der Waals surface area contributed by atoms with Crippen molar-refractivity contribution in [2.45, 2.75) is 13.0 Å². The van der Waals surface area contributed by atoms with Gasteiger partial charge in [0.1, 0.15) is 23.9 Å². The smallest absolute Gasteiger partial charge is 0.246 e. The molecule has 2 aromatic heterocycles. The van der Waals surface area contributed by atoms with Gasteiger partial charge in [-0.15, -0.1) is 0 Å². The minimum atomic E-state index is -0.365. The molecule has 0 saturated heterocycles. The lowest BCUT2D eigenvalue weighted by Crippen LogP contribution is -2.37. The van der Waals surface area contributed by atoms with Gasteiger partial charge in [0.25, 0.3) is 0 Å². The summed E-state index contributed by atoms with van der Waals surface area (Å²) in [6, 6.07) is 4.05. The first-order valence-corrected chi connectivity index (χ1v) is 7.67. The van der Waals surface area contributed by atoms with Crippen LogP contribution in [0.1, 0.15) is 6.92 Å². The van der Waals surface area contributed by atoms with E-state index in [1.54, 1.807) is 13.0 Å². The highest BCUT2D eigenvalue weighted by molar-refractivity contribution is 7.22. The summed E-state index contributed by atoms with van der Waals surface area (Å²) in [4.78, 5) is 24.5. The van der Waals surface area contributed by atoms with Gasteiger partial charge in [0.15, 0.2) is 16.8 Å². The number of nitrogens with one attached hydrogen (secondary N) is 3. The molecule has 3 N–H and O–H groups in total. The van der Waals surface area contributed by atoms with E-state index in [4.69, 9.17) is 0 Å². The van der Waals surface area contributed by atoms with Crippen LogP contribution in [0.15, 0.2) is 24.5 Å². The van der Waals surface area contributed by atoms with Crippen LogP contribution in [0.5, 0.6) is 0 Å². The van der Waals surface area contributed by atoms with Gasteiger partial charge >= 0.3 is 0 Å². The van der Waals surface area contributed by atoms with E-state index in [9.17, 15) is 9.18 Å². The second-order valence-electron chi connectivity index (χ2n) is 5.06. The van der Waals surface area contributed by atoms with E-state index < -0.39 is 0 Å². The van der Waals surface area contributed by atoms with Crippen LogP contribution in [0.4, 0.5) is 26.8 Å². The monoisotopic (exact) mass is 330 g/mol. The number of nitrogens with zero attached hydrogens (tertiary/aromatic N) is 3. The molecule has 1 aromatic carbocycles. The number of amides is 1. The Balaban J connectivity index is 1.71. The summed E-state index contributed by atoms with van der Waals surface area (Å²) in [5, 5.41) is 9.38. The van der Waals surface area contributed by atoms with Crippen molar-refractivity contribution in [2.75, 3.05) is 16.0 Å². The van der Waals surface area contributed by atoms with E-state index in [-0.39, 0.29) is 17.8 Å². The normalized spacial score (nSPS) is 16.6.